The Hall–Kier alpha value is -0.570. The van der Waals surface area contributed by atoms with Crippen LogP contribution in [0, 0.1) is 11.8 Å². The van der Waals surface area contributed by atoms with Crippen molar-refractivity contribution in [3.63, 3.8) is 0 Å². The third kappa shape index (κ3) is 1.70. The van der Waals surface area contributed by atoms with Gasteiger partial charge in [-0.1, -0.05) is 0 Å². The number of hydrogen-bond donors (Lipinski definition) is 1. The lowest BCUT2D eigenvalue weighted by Gasteiger charge is -2.29. The second-order valence-corrected chi connectivity index (χ2v) is 4.14. The molecule has 13 heavy (non-hydrogen) atoms. The molecule has 0 aromatic heterocycles. The first-order valence-electron chi connectivity index (χ1n) is 5.12. The summed E-state index contributed by atoms with van der Waals surface area (Å²) >= 11 is 0. The van der Waals surface area contributed by atoms with Gasteiger partial charge in [-0.25, -0.2) is 0 Å². The molecule has 1 aliphatic heterocycles. The Bertz CT molecular complexity index is 205. The first kappa shape index (κ1) is 9.00. The van der Waals surface area contributed by atoms with Crippen LogP contribution < -0.4 is 5.32 Å². The predicted octanol–water partition coefficient (Wildman–Crippen LogP) is 0.938. The van der Waals surface area contributed by atoms with Crippen LogP contribution in [0.5, 0.6) is 0 Å². The zero-order valence-corrected chi connectivity index (χ0v) is 8.08. The molecule has 0 radical (unpaired) electrons. The van der Waals surface area contributed by atoms with Crippen LogP contribution in [-0.2, 0) is 9.53 Å². The zero-order chi connectivity index (χ0) is 9.26. The van der Waals surface area contributed by atoms with E-state index in [-0.39, 0.29) is 11.9 Å². The summed E-state index contributed by atoms with van der Waals surface area (Å²) in [6, 6.07) is 0.681. The monoisotopic (exact) mass is 183 g/mol. The normalized spacial score (nSPS) is 38.4. The highest BCUT2D eigenvalue weighted by Gasteiger charge is 2.36. The average molecular weight is 183 g/mol. The lowest BCUT2D eigenvalue weighted by atomic mass is 9.79. The molecule has 2 aliphatic rings. The van der Waals surface area contributed by atoms with Gasteiger partial charge in [-0.3, -0.25) is 4.79 Å². The molecule has 1 N–H and O–H groups in total. The second kappa shape index (κ2) is 3.66. The summed E-state index contributed by atoms with van der Waals surface area (Å²) in [6.45, 7) is 1.13. The predicted molar refractivity (Wildman–Crippen MR) is 49.3 cm³/mol. The zero-order valence-electron chi connectivity index (χ0n) is 8.08. The van der Waals surface area contributed by atoms with Crippen molar-refractivity contribution < 1.29 is 9.53 Å². The fourth-order valence-electron chi connectivity index (χ4n) is 2.69. The van der Waals surface area contributed by atoms with Crippen molar-refractivity contribution in [2.24, 2.45) is 11.8 Å². The number of hydrogen-bond acceptors (Lipinski definition) is 3. The third-order valence-corrected chi connectivity index (χ3v) is 3.44. The molecule has 0 bridgehead atoms. The smallest absolute Gasteiger partial charge is 0.308 e. The number of esters is 1. The van der Waals surface area contributed by atoms with Crippen molar-refractivity contribution in [2.75, 3.05) is 13.7 Å². The van der Waals surface area contributed by atoms with E-state index in [0.29, 0.717) is 6.04 Å². The van der Waals surface area contributed by atoms with E-state index in [1.807, 2.05) is 0 Å². The van der Waals surface area contributed by atoms with Gasteiger partial charge in [0.2, 0.25) is 0 Å². The molecule has 0 aromatic rings. The average Bonchev–Trinajstić information content (AvgIpc) is 2.63. The lowest BCUT2D eigenvalue weighted by Crippen LogP contribution is -2.35. The maximum atomic E-state index is 11.3. The molecule has 0 aromatic carbocycles. The molecule has 3 unspecified atom stereocenters. The van der Waals surface area contributed by atoms with Gasteiger partial charge in [-0.05, 0) is 38.1 Å². The minimum atomic E-state index is -0.00894. The Morgan fingerprint density at radius 2 is 2.23 bits per heavy atom. The van der Waals surface area contributed by atoms with E-state index in [1.165, 1.54) is 13.5 Å². The number of rotatable bonds is 1. The minimum Gasteiger partial charge on any atom is -0.469 e. The van der Waals surface area contributed by atoms with Crippen LogP contribution >= 0.6 is 0 Å². The van der Waals surface area contributed by atoms with Crippen molar-refractivity contribution in [1.29, 1.82) is 0 Å². The van der Waals surface area contributed by atoms with Crippen LogP contribution in [0.3, 0.4) is 0 Å². The van der Waals surface area contributed by atoms with Gasteiger partial charge in [0.25, 0.3) is 0 Å². The maximum Gasteiger partial charge on any atom is 0.308 e. The van der Waals surface area contributed by atoms with Gasteiger partial charge >= 0.3 is 5.97 Å². The number of ether oxygens (including phenoxy) is 1. The van der Waals surface area contributed by atoms with Gasteiger partial charge in [0.15, 0.2) is 0 Å². The highest BCUT2D eigenvalue weighted by atomic mass is 16.5. The summed E-state index contributed by atoms with van der Waals surface area (Å²) < 4.78 is 4.78. The summed E-state index contributed by atoms with van der Waals surface area (Å²) in [5.74, 6) is 0.884. The fourth-order valence-corrected chi connectivity index (χ4v) is 2.69. The van der Waals surface area contributed by atoms with Gasteiger partial charge in [0, 0.05) is 6.04 Å². The first-order valence-corrected chi connectivity index (χ1v) is 5.12. The SMILES string of the molecule is COC(=O)C1CCC2NCCC2C1. The topological polar surface area (TPSA) is 38.3 Å². The standard InChI is InChI=1S/C10H17NO2/c1-13-10(12)8-2-3-9-7(6-8)4-5-11-9/h7-9,11H,2-6H2,1H3. The van der Waals surface area contributed by atoms with Crippen molar-refractivity contribution in [3.05, 3.63) is 0 Å². The molecular formula is C10H17NO2. The van der Waals surface area contributed by atoms with E-state index in [9.17, 15) is 4.79 Å². The van der Waals surface area contributed by atoms with Gasteiger partial charge < -0.3 is 10.1 Å². The Morgan fingerprint density at radius 1 is 1.38 bits per heavy atom. The van der Waals surface area contributed by atoms with Crippen molar-refractivity contribution in [2.45, 2.75) is 31.7 Å². The maximum absolute atomic E-state index is 11.3. The number of carbonyl (C=O) groups is 1. The van der Waals surface area contributed by atoms with E-state index in [0.717, 1.165) is 31.7 Å². The molecule has 1 aliphatic carbocycles. The van der Waals surface area contributed by atoms with Crippen molar-refractivity contribution in [1.82, 2.24) is 5.32 Å². The van der Waals surface area contributed by atoms with Crippen LogP contribution in [0.25, 0.3) is 0 Å². The van der Waals surface area contributed by atoms with Crippen molar-refractivity contribution >= 4 is 5.97 Å². The lowest BCUT2D eigenvalue weighted by molar-refractivity contribution is -0.147. The van der Waals surface area contributed by atoms with Gasteiger partial charge in [-0.15, -0.1) is 0 Å². The molecule has 2 fully saturated rings. The van der Waals surface area contributed by atoms with E-state index in [4.69, 9.17) is 4.74 Å². The molecule has 3 nitrogen and oxygen atoms in total. The highest BCUT2D eigenvalue weighted by molar-refractivity contribution is 5.72. The van der Waals surface area contributed by atoms with Crippen LogP contribution in [0.2, 0.25) is 0 Å². The molecule has 0 spiro atoms. The van der Waals surface area contributed by atoms with Gasteiger partial charge in [-0.2, -0.15) is 0 Å². The Labute approximate surface area is 78.8 Å². The largest absolute Gasteiger partial charge is 0.469 e. The highest BCUT2D eigenvalue weighted by Crippen LogP contribution is 2.34. The van der Waals surface area contributed by atoms with Crippen molar-refractivity contribution in [3.8, 4) is 0 Å². The van der Waals surface area contributed by atoms with E-state index in [2.05, 4.69) is 5.32 Å². The summed E-state index contributed by atoms with van der Waals surface area (Å²) in [7, 11) is 1.49. The molecule has 3 atom stereocenters. The molecule has 1 saturated heterocycles. The molecular weight excluding hydrogens is 166 g/mol. The molecule has 2 rings (SSSR count). The fraction of sp³-hybridized carbons (Fsp3) is 0.900. The molecule has 1 saturated carbocycles. The first-order chi connectivity index (χ1) is 6.31. The Kier molecular flexibility index (Phi) is 2.54. The number of carbonyl (C=O) groups excluding carboxylic acids is 1. The van der Waals surface area contributed by atoms with Crippen LogP contribution in [0.1, 0.15) is 25.7 Å². The number of nitrogens with one attached hydrogen (secondary N) is 1. The molecule has 1 heterocycles. The van der Waals surface area contributed by atoms with Gasteiger partial charge in [0.1, 0.15) is 0 Å². The van der Waals surface area contributed by atoms with Crippen LogP contribution in [0.15, 0.2) is 0 Å². The summed E-state index contributed by atoms with van der Waals surface area (Å²) in [5, 5.41) is 3.48. The van der Waals surface area contributed by atoms with Gasteiger partial charge in [0.05, 0.1) is 13.0 Å². The molecule has 3 heteroatoms. The van der Waals surface area contributed by atoms with E-state index in [1.54, 1.807) is 0 Å². The van der Waals surface area contributed by atoms with E-state index >= 15 is 0 Å². The molecule has 74 valence electrons. The third-order valence-electron chi connectivity index (χ3n) is 3.44. The summed E-state index contributed by atoms with van der Waals surface area (Å²) in [4.78, 5) is 11.3. The minimum absolute atomic E-state index is 0.00894. The quantitative estimate of drug-likeness (QED) is 0.615. The Balaban J connectivity index is 1.93. The summed E-state index contributed by atoms with van der Waals surface area (Å²) in [6.07, 6.45) is 4.41. The van der Waals surface area contributed by atoms with E-state index < -0.39 is 0 Å². The second-order valence-electron chi connectivity index (χ2n) is 4.14. The van der Waals surface area contributed by atoms with Crippen LogP contribution in [-0.4, -0.2) is 25.7 Å². The van der Waals surface area contributed by atoms with Crippen LogP contribution in [0.4, 0.5) is 0 Å². The Morgan fingerprint density at radius 3 is 3.00 bits per heavy atom. The number of methoxy groups -OCH3 is 1. The molecule has 0 amide bonds. The number of fused-ring (bicyclic) bond motifs is 1. The summed E-state index contributed by atoms with van der Waals surface area (Å²) in [5.41, 5.74) is 0.